The fourth-order valence-corrected chi connectivity index (χ4v) is 6.15. The maximum atomic E-state index is 14.3. The first kappa shape index (κ1) is 28.0. The molecule has 0 atom stereocenters. The Labute approximate surface area is 236 Å². The number of barbiturate groups is 2. The highest BCUT2D eigenvalue weighted by Crippen LogP contribution is 2.63. The zero-order valence-electron chi connectivity index (χ0n) is 23.0. The number of phenolic OH excluding ortho intramolecular Hbond substituents is 4. The van der Waals surface area contributed by atoms with Crippen LogP contribution in [-0.2, 0) is 30.0 Å². The van der Waals surface area contributed by atoms with Gasteiger partial charge < -0.3 is 29.9 Å². The molecule has 220 valence electrons. The smallest absolute Gasteiger partial charge is 0.332 e. The van der Waals surface area contributed by atoms with Crippen LogP contribution in [0.3, 0.4) is 0 Å². The average molecular weight is 584 g/mol. The average Bonchev–Trinajstić information content (AvgIpc) is 2.97. The van der Waals surface area contributed by atoms with E-state index in [0.29, 0.717) is 19.6 Å². The number of urea groups is 2. The van der Waals surface area contributed by atoms with Gasteiger partial charge in [0.15, 0.2) is 33.8 Å². The number of carbonyl (C=O) groups is 6. The summed E-state index contributed by atoms with van der Waals surface area (Å²) in [7, 11) is 6.17. The number of benzene rings is 2. The number of phenols is 4. The second kappa shape index (κ2) is 8.48. The number of likely N-dealkylation sites (N-methyl/N-ethyl adjacent to an activating group) is 4. The molecule has 2 aromatic carbocycles. The van der Waals surface area contributed by atoms with E-state index in [4.69, 9.17) is 9.47 Å². The van der Waals surface area contributed by atoms with Crippen LogP contribution in [0.1, 0.15) is 22.3 Å². The molecular weight excluding hydrogens is 560 g/mol. The Morgan fingerprint density at radius 3 is 1.05 bits per heavy atom. The van der Waals surface area contributed by atoms with Crippen LogP contribution in [-0.4, -0.2) is 118 Å². The Morgan fingerprint density at radius 1 is 0.548 bits per heavy atom. The van der Waals surface area contributed by atoms with Crippen molar-refractivity contribution in [1.82, 2.24) is 19.6 Å². The highest BCUT2D eigenvalue weighted by Gasteiger charge is 2.72. The van der Waals surface area contributed by atoms with E-state index in [1.54, 1.807) is 0 Å². The number of carbonyl (C=O) groups excluding carboxylic acids is 6. The zero-order chi connectivity index (χ0) is 31.4. The van der Waals surface area contributed by atoms with Gasteiger partial charge in [0.05, 0.1) is 14.2 Å². The third-order valence-electron chi connectivity index (χ3n) is 8.09. The van der Waals surface area contributed by atoms with E-state index in [1.165, 1.54) is 0 Å². The van der Waals surface area contributed by atoms with Crippen molar-refractivity contribution in [2.45, 2.75) is 10.8 Å². The lowest BCUT2D eigenvalue weighted by Crippen LogP contribution is -2.71. The maximum Gasteiger partial charge on any atom is 0.332 e. The molecule has 2 aliphatic heterocycles. The molecule has 8 amide bonds. The first-order valence-corrected chi connectivity index (χ1v) is 12.1. The van der Waals surface area contributed by atoms with E-state index in [0.717, 1.165) is 54.5 Å². The topological polar surface area (TPSA) is 215 Å². The molecule has 0 saturated carbocycles. The normalized spacial score (nSPS) is 19.1. The van der Waals surface area contributed by atoms with Crippen LogP contribution in [0.2, 0.25) is 0 Å². The van der Waals surface area contributed by atoms with Gasteiger partial charge in [-0.1, -0.05) is 0 Å². The van der Waals surface area contributed by atoms with Crippen LogP contribution in [0.5, 0.6) is 34.5 Å². The lowest BCUT2D eigenvalue weighted by molar-refractivity contribution is -0.152. The minimum absolute atomic E-state index is 0.555. The van der Waals surface area contributed by atoms with Crippen molar-refractivity contribution in [3.8, 4) is 34.5 Å². The molecule has 0 unspecified atom stereocenters. The summed E-state index contributed by atoms with van der Waals surface area (Å²) in [6.45, 7) is 0. The Balaban J connectivity index is 2.18. The van der Waals surface area contributed by atoms with E-state index >= 15 is 0 Å². The quantitative estimate of drug-likeness (QED) is 0.260. The summed E-state index contributed by atoms with van der Waals surface area (Å²) in [5.41, 5.74) is -8.07. The van der Waals surface area contributed by atoms with Crippen molar-refractivity contribution in [2.24, 2.45) is 0 Å². The van der Waals surface area contributed by atoms with E-state index in [9.17, 15) is 49.2 Å². The number of nitrogens with zero attached hydrogens (tertiary/aromatic N) is 4. The molecule has 0 radical (unpaired) electrons. The summed E-state index contributed by atoms with van der Waals surface area (Å²) in [5, 5.41) is 43.3. The largest absolute Gasteiger partial charge is 0.504 e. The second-order valence-corrected chi connectivity index (χ2v) is 9.92. The van der Waals surface area contributed by atoms with Crippen molar-refractivity contribution in [1.29, 1.82) is 0 Å². The van der Waals surface area contributed by atoms with Gasteiger partial charge >= 0.3 is 12.1 Å². The summed E-state index contributed by atoms with van der Waals surface area (Å²) in [6, 6.07) is -0.645. The Bertz CT molecular complexity index is 1530. The lowest BCUT2D eigenvalue weighted by atomic mass is 9.54. The van der Waals surface area contributed by atoms with E-state index in [-0.39, 0.29) is 0 Å². The maximum absolute atomic E-state index is 14.3. The number of ether oxygens (including phenoxy) is 2. The Hall–Kier alpha value is -5.54. The number of imide groups is 4. The number of aromatic hydroxyl groups is 4. The number of hydrogen-bond donors (Lipinski definition) is 4. The van der Waals surface area contributed by atoms with Crippen molar-refractivity contribution in [3.05, 3.63) is 34.4 Å². The number of rotatable bonds is 2. The predicted octanol–water partition coefficient (Wildman–Crippen LogP) is -0.487. The first-order chi connectivity index (χ1) is 19.6. The highest BCUT2D eigenvalue weighted by atomic mass is 16.5. The fourth-order valence-electron chi connectivity index (χ4n) is 6.15. The van der Waals surface area contributed by atoms with Gasteiger partial charge in [0.1, 0.15) is 0 Å². The summed E-state index contributed by atoms with van der Waals surface area (Å²) >= 11 is 0. The summed E-state index contributed by atoms with van der Waals surface area (Å²) in [5.74, 6) is -10.4. The Kier molecular flexibility index (Phi) is 5.66. The molecule has 0 bridgehead atoms. The van der Waals surface area contributed by atoms with Crippen LogP contribution < -0.4 is 9.47 Å². The minimum atomic E-state index is -2.79. The van der Waals surface area contributed by atoms with E-state index < -0.39 is 103 Å². The summed E-state index contributed by atoms with van der Waals surface area (Å²) < 4.78 is 10.7. The molecule has 2 heterocycles. The molecule has 16 heteroatoms. The number of fused-ring (bicyclic) bond motifs is 6. The van der Waals surface area contributed by atoms with E-state index in [2.05, 4.69) is 0 Å². The first-order valence-electron chi connectivity index (χ1n) is 12.1. The van der Waals surface area contributed by atoms with Gasteiger partial charge in [-0.3, -0.25) is 38.8 Å². The van der Waals surface area contributed by atoms with Gasteiger partial charge in [-0.15, -0.1) is 0 Å². The number of amides is 8. The standard InChI is InChI=1S/C26H24N4O12/c1-27-19(35)25(20(36)28(2)23(27)39)9-7-11(31)16(34)18(42-6)14(9)26(21(37)29(3)24(40)30(4)22(26)38)10-8-12(32)15(33)17(41-5)13(10)25/h7-8,31-34H,1-6H3. The summed E-state index contributed by atoms with van der Waals surface area (Å²) in [4.78, 5) is 85.1. The van der Waals surface area contributed by atoms with Crippen molar-refractivity contribution in [3.63, 3.8) is 0 Å². The Morgan fingerprint density at radius 2 is 0.810 bits per heavy atom. The lowest BCUT2D eigenvalue weighted by Gasteiger charge is -2.52. The van der Waals surface area contributed by atoms with Gasteiger partial charge in [-0.25, -0.2) is 9.59 Å². The predicted molar refractivity (Wildman–Crippen MR) is 136 cm³/mol. The van der Waals surface area contributed by atoms with Crippen LogP contribution >= 0.6 is 0 Å². The van der Waals surface area contributed by atoms with Gasteiger partial charge in [0.25, 0.3) is 23.6 Å². The number of hydrogen-bond acceptors (Lipinski definition) is 12. The monoisotopic (exact) mass is 584 g/mol. The molecular formula is C26H24N4O12. The molecule has 16 nitrogen and oxygen atoms in total. The van der Waals surface area contributed by atoms with Crippen LogP contribution in [0.15, 0.2) is 12.1 Å². The molecule has 2 fully saturated rings. The second-order valence-electron chi connectivity index (χ2n) is 9.92. The molecule has 2 spiro atoms. The summed E-state index contributed by atoms with van der Waals surface area (Å²) in [6.07, 6.45) is 0. The van der Waals surface area contributed by atoms with E-state index in [1.807, 2.05) is 0 Å². The van der Waals surface area contributed by atoms with Gasteiger partial charge in [0, 0.05) is 39.3 Å². The highest BCUT2D eigenvalue weighted by molar-refractivity contribution is 6.31. The van der Waals surface area contributed by atoms with Gasteiger partial charge in [0.2, 0.25) is 11.5 Å². The van der Waals surface area contributed by atoms with Crippen LogP contribution in [0.25, 0.3) is 0 Å². The van der Waals surface area contributed by atoms with Crippen molar-refractivity contribution >= 4 is 35.7 Å². The zero-order valence-corrected chi connectivity index (χ0v) is 23.0. The molecule has 42 heavy (non-hydrogen) atoms. The third-order valence-corrected chi connectivity index (χ3v) is 8.09. The molecule has 4 N–H and O–H groups in total. The molecule has 2 aromatic rings. The molecule has 5 rings (SSSR count). The van der Waals surface area contributed by atoms with Crippen molar-refractivity contribution in [2.75, 3.05) is 42.4 Å². The van der Waals surface area contributed by atoms with Gasteiger partial charge in [-0.05, 0) is 23.3 Å². The van der Waals surface area contributed by atoms with Crippen LogP contribution in [0.4, 0.5) is 9.59 Å². The van der Waals surface area contributed by atoms with Crippen molar-refractivity contribution < 1.29 is 58.7 Å². The molecule has 1 aliphatic carbocycles. The fraction of sp³-hybridized carbons (Fsp3) is 0.308. The van der Waals surface area contributed by atoms with Crippen LogP contribution in [0, 0.1) is 0 Å². The minimum Gasteiger partial charge on any atom is -0.504 e. The third kappa shape index (κ3) is 2.75. The SMILES string of the molecule is COc1c(O)c(O)cc2c1C1(C(=O)N(C)C(=O)N(C)C1=O)c1cc(O)c(O)c(OC)c1C21C(=O)N(C)C(=O)N(C)C1=O. The van der Waals surface area contributed by atoms with Gasteiger partial charge in [-0.2, -0.15) is 0 Å². The molecule has 2 saturated heterocycles. The molecule has 0 aromatic heterocycles. The molecule has 3 aliphatic rings. The number of methoxy groups -OCH3 is 2.